The first-order valence-electron chi connectivity index (χ1n) is 11.4. The maximum atomic E-state index is 13.4. The van der Waals surface area contributed by atoms with Crippen molar-refractivity contribution in [2.24, 2.45) is 5.92 Å². The fraction of sp³-hybridized carbons (Fsp3) is 0.385. The van der Waals surface area contributed by atoms with E-state index in [4.69, 9.17) is 4.52 Å². The maximum Gasteiger partial charge on any atom is 0.254 e. The monoisotopic (exact) mass is 435 g/mol. The van der Waals surface area contributed by atoms with E-state index >= 15 is 0 Å². The third-order valence-electron chi connectivity index (χ3n) is 5.77. The van der Waals surface area contributed by atoms with Crippen LogP contribution >= 0.6 is 0 Å². The van der Waals surface area contributed by atoms with Crippen LogP contribution in [0.5, 0.6) is 0 Å². The molecule has 1 aliphatic rings. The molecule has 6 heteroatoms. The second-order valence-corrected chi connectivity index (χ2v) is 8.82. The number of anilines is 1. The molecule has 168 valence electrons. The molecule has 0 aliphatic carbocycles. The summed E-state index contributed by atoms with van der Waals surface area (Å²) in [5, 5.41) is 4.43. The highest BCUT2D eigenvalue weighted by atomic mass is 19.1. The van der Waals surface area contributed by atoms with Crippen LogP contribution in [-0.2, 0) is 6.54 Å². The second-order valence-electron chi connectivity index (χ2n) is 8.82. The Balaban J connectivity index is 1.72. The minimum Gasteiger partial charge on any atom is -0.340 e. The molecule has 4 rings (SSSR count). The SMILES string of the molecule is CC(C)CN(Cc1c(-c2ccccc2)noc1N1CCCCC1)C(=O)c1ccc(F)cc1. The average Bonchev–Trinajstić information content (AvgIpc) is 3.23. The van der Waals surface area contributed by atoms with Crippen molar-refractivity contribution in [2.75, 3.05) is 24.5 Å². The molecule has 32 heavy (non-hydrogen) atoms. The largest absolute Gasteiger partial charge is 0.340 e. The third-order valence-corrected chi connectivity index (χ3v) is 5.77. The Morgan fingerprint density at radius 2 is 1.75 bits per heavy atom. The molecule has 0 unspecified atom stereocenters. The summed E-state index contributed by atoms with van der Waals surface area (Å²) in [6, 6.07) is 15.7. The Hall–Kier alpha value is -3.15. The molecule has 5 nitrogen and oxygen atoms in total. The fourth-order valence-corrected chi connectivity index (χ4v) is 4.24. The highest BCUT2D eigenvalue weighted by Gasteiger charge is 2.27. The van der Waals surface area contributed by atoms with Gasteiger partial charge in [0, 0.05) is 30.8 Å². The van der Waals surface area contributed by atoms with Crippen molar-refractivity contribution in [3.05, 3.63) is 71.5 Å². The summed E-state index contributed by atoms with van der Waals surface area (Å²) in [7, 11) is 0. The topological polar surface area (TPSA) is 49.6 Å². The number of carbonyl (C=O) groups excluding carboxylic acids is 1. The van der Waals surface area contributed by atoms with Crippen molar-refractivity contribution in [3.63, 3.8) is 0 Å². The van der Waals surface area contributed by atoms with E-state index in [0.717, 1.165) is 48.6 Å². The van der Waals surface area contributed by atoms with Crippen LogP contribution in [0, 0.1) is 11.7 Å². The molecule has 1 saturated heterocycles. The van der Waals surface area contributed by atoms with E-state index in [9.17, 15) is 9.18 Å². The lowest BCUT2D eigenvalue weighted by atomic mass is 10.0. The van der Waals surface area contributed by atoms with Gasteiger partial charge in [0.05, 0.1) is 12.1 Å². The minimum atomic E-state index is -0.352. The predicted octanol–water partition coefficient (Wildman–Crippen LogP) is 5.77. The molecule has 2 heterocycles. The van der Waals surface area contributed by atoms with Crippen LogP contribution in [-0.4, -0.2) is 35.6 Å². The lowest BCUT2D eigenvalue weighted by molar-refractivity contribution is 0.0723. The lowest BCUT2D eigenvalue weighted by Crippen LogP contribution is -2.35. The number of benzene rings is 2. The maximum absolute atomic E-state index is 13.4. The fourth-order valence-electron chi connectivity index (χ4n) is 4.24. The zero-order chi connectivity index (χ0) is 22.5. The Labute approximate surface area is 188 Å². The Bertz CT molecular complexity index is 1020. The number of aromatic nitrogens is 1. The molecule has 0 bridgehead atoms. The molecule has 1 fully saturated rings. The van der Waals surface area contributed by atoms with Crippen molar-refractivity contribution >= 4 is 11.8 Å². The van der Waals surface area contributed by atoms with Crippen LogP contribution in [0.1, 0.15) is 49.0 Å². The summed E-state index contributed by atoms with van der Waals surface area (Å²) in [6.07, 6.45) is 3.45. The quantitative estimate of drug-likeness (QED) is 0.473. The van der Waals surface area contributed by atoms with E-state index < -0.39 is 0 Å². The molecule has 0 N–H and O–H groups in total. The van der Waals surface area contributed by atoms with Gasteiger partial charge in [-0.15, -0.1) is 0 Å². The van der Waals surface area contributed by atoms with E-state index in [-0.39, 0.29) is 17.6 Å². The Morgan fingerprint density at radius 1 is 1.06 bits per heavy atom. The number of carbonyl (C=O) groups is 1. The molecule has 2 aromatic carbocycles. The van der Waals surface area contributed by atoms with Gasteiger partial charge in [-0.05, 0) is 49.4 Å². The first-order valence-corrected chi connectivity index (χ1v) is 11.4. The molecule has 1 amide bonds. The zero-order valence-electron chi connectivity index (χ0n) is 18.8. The Morgan fingerprint density at radius 3 is 2.41 bits per heavy atom. The number of hydrogen-bond acceptors (Lipinski definition) is 4. The van der Waals surface area contributed by atoms with Crippen LogP contribution in [0.25, 0.3) is 11.3 Å². The summed E-state index contributed by atoms with van der Waals surface area (Å²) in [5.74, 6) is 0.556. The molecule has 1 aliphatic heterocycles. The predicted molar refractivity (Wildman–Crippen MR) is 124 cm³/mol. The van der Waals surface area contributed by atoms with Gasteiger partial charge in [0.2, 0.25) is 5.88 Å². The van der Waals surface area contributed by atoms with Crippen molar-refractivity contribution in [1.29, 1.82) is 0 Å². The van der Waals surface area contributed by atoms with Gasteiger partial charge in [-0.1, -0.05) is 49.3 Å². The normalized spacial score (nSPS) is 14.1. The molecule has 1 aromatic heterocycles. The minimum absolute atomic E-state index is 0.122. The van der Waals surface area contributed by atoms with E-state index in [1.807, 2.05) is 35.2 Å². The third kappa shape index (κ3) is 5.01. The summed E-state index contributed by atoms with van der Waals surface area (Å²) < 4.78 is 19.3. The molecular weight excluding hydrogens is 405 g/mol. The molecule has 0 saturated carbocycles. The molecule has 3 aromatic rings. The van der Waals surface area contributed by atoms with Gasteiger partial charge >= 0.3 is 0 Å². The highest BCUT2D eigenvalue weighted by molar-refractivity contribution is 5.94. The van der Waals surface area contributed by atoms with E-state index in [1.54, 1.807) is 12.1 Å². The average molecular weight is 436 g/mol. The molecule has 0 atom stereocenters. The van der Waals surface area contributed by atoms with Crippen molar-refractivity contribution in [1.82, 2.24) is 10.1 Å². The first-order chi connectivity index (χ1) is 15.5. The second kappa shape index (κ2) is 9.98. The highest BCUT2D eigenvalue weighted by Crippen LogP contribution is 2.34. The van der Waals surface area contributed by atoms with Gasteiger partial charge in [0.25, 0.3) is 5.91 Å². The summed E-state index contributed by atoms with van der Waals surface area (Å²) in [4.78, 5) is 17.5. The number of halogens is 1. The van der Waals surface area contributed by atoms with Crippen LogP contribution in [0.3, 0.4) is 0 Å². The van der Waals surface area contributed by atoms with Crippen LogP contribution in [0.15, 0.2) is 59.1 Å². The van der Waals surface area contributed by atoms with Crippen LogP contribution in [0.4, 0.5) is 10.3 Å². The van der Waals surface area contributed by atoms with Gasteiger partial charge in [0.15, 0.2) is 0 Å². The van der Waals surface area contributed by atoms with Gasteiger partial charge < -0.3 is 14.3 Å². The number of nitrogens with zero attached hydrogens (tertiary/aromatic N) is 3. The molecule has 0 spiro atoms. The van der Waals surface area contributed by atoms with Crippen LogP contribution < -0.4 is 4.90 Å². The molecule has 0 radical (unpaired) electrons. The van der Waals surface area contributed by atoms with Crippen molar-refractivity contribution in [2.45, 2.75) is 39.7 Å². The van der Waals surface area contributed by atoms with Crippen molar-refractivity contribution < 1.29 is 13.7 Å². The first kappa shape index (κ1) is 22.1. The van der Waals surface area contributed by atoms with E-state index in [1.165, 1.54) is 18.6 Å². The van der Waals surface area contributed by atoms with Gasteiger partial charge in [-0.3, -0.25) is 4.79 Å². The lowest BCUT2D eigenvalue weighted by Gasteiger charge is -2.29. The zero-order valence-corrected chi connectivity index (χ0v) is 18.8. The smallest absolute Gasteiger partial charge is 0.254 e. The number of amides is 1. The van der Waals surface area contributed by atoms with Crippen molar-refractivity contribution in [3.8, 4) is 11.3 Å². The summed E-state index contributed by atoms with van der Waals surface area (Å²) in [5.41, 5.74) is 3.14. The van der Waals surface area contributed by atoms with Gasteiger partial charge in [-0.25, -0.2) is 4.39 Å². The van der Waals surface area contributed by atoms with E-state index in [2.05, 4.69) is 23.9 Å². The van der Waals surface area contributed by atoms with Crippen LogP contribution in [0.2, 0.25) is 0 Å². The van der Waals surface area contributed by atoms with Gasteiger partial charge in [-0.2, -0.15) is 0 Å². The number of piperidine rings is 1. The summed E-state index contributed by atoms with van der Waals surface area (Å²) >= 11 is 0. The standard InChI is InChI=1S/C26H30FN3O2/c1-19(2)17-30(25(31)21-11-13-22(27)14-12-21)18-23-24(20-9-5-3-6-10-20)28-32-26(23)29-15-7-4-8-16-29/h3,5-6,9-14,19H,4,7-8,15-18H2,1-2H3. The van der Waals surface area contributed by atoms with Gasteiger partial charge in [0.1, 0.15) is 11.5 Å². The number of rotatable bonds is 7. The van der Waals surface area contributed by atoms with E-state index in [0.29, 0.717) is 18.7 Å². The Kier molecular flexibility index (Phi) is 6.88. The summed E-state index contributed by atoms with van der Waals surface area (Å²) in [6.45, 7) is 6.98. The molecular formula is C26H30FN3O2. The number of hydrogen-bond donors (Lipinski definition) is 0.